The maximum Gasteiger partial charge on any atom is 0.175 e. The average Bonchev–Trinajstić information content (AvgIpc) is 2.37. The van der Waals surface area contributed by atoms with E-state index < -0.39 is 0 Å². The Balaban J connectivity index is 2.79. The van der Waals surface area contributed by atoms with Gasteiger partial charge in [-0.2, -0.15) is 0 Å². The molecule has 1 aromatic carbocycles. The molecule has 0 fully saturated rings. The van der Waals surface area contributed by atoms with Crippen LogP contribution in [0.4, 0.5) is 0 Å². The molecule has 0 saturated heterocycles. The fourth-order valence-corrected chi connectivity index (χ4v) is 2.12. The third-order valence-electron chi connectivity index (χ3n) is 2.34. The molecule has 0 aliphatic rings. The zero-order chi connectivity index (χ0) is 13.4. The van der Waals surface area contributed by atoms with Crippen LogP contribution in [-0.4, -0.2) is 26.9 Å². The summed E-state index contributed by atoms with van der Waals surface area (Å²) in [5.41, 5.74) is 6.65. The quantitative estimate of drug-likeness (QED) is 0.749. The summed E-state index contributed by atoms with van der Waals surface area (Å²) in [5, 5.41) is 0. The highest BCUT2D eigenvalue weighted by Crippen LogP contribution is 2.36. The van der Waals surface area contributed by atoms with E-state index in [2.05, 4.69) is 15.9 Å². The highest BCUT2D eigenvalue weighted by molar-refractivity contribution is 9.10. The van der Waals surface area contributed by atoms with E-state index in [1.54, 1.807) is 7.11 Å². The smallest absolute Gasteiger partial charge is 0.175 e. The lowest BCUT2D eigenvalue weighted by Crippen LogP contribution is -2.05. The Kier molecular flexibility index (Phi) is 7.08. The van der Waals surface area contributed by atoms with Crippen molar-refractivity contribution in [3.05, 3.63) is 22.2 Å². The van der Waals surface area contributed by atoms with E-state index in [0.717, 1.165) is 28.0 Å². The zero-order valence-corrected chi connectivity index (χ0v) is 12.5. The SMILES string of the molecule is CCOc1cc(CN)cc(Br)c1OCCCOC. The standard InChI is InChI=1S/C13H20BrNO3/c1-3-17-12-8-10(9-15)7-11(14)13(12)18-6-4-5-16-2/h7-8H,3-6,9,15H2,1-2H3. The van der Waals surface area contributed by atoms with Crippen LogP contribution in [0, 0.1) is 0 Å². The topological polar surface area (TPSA) is 53.7 Å². The molecule has 2 N–H and O–H groups in total. The van der Waals surface area contributed by atoms with Gasteiger partial charge in [-0.25, -0.2) is 0 Å². The minimum absolute atomic E-state index is 0.475. The molecule has 0 unspecified atom stereocenters. The lowest BCUT2D eigenvalue weighted by molar-refractivity contribution is 0.169. The van der Waals surface area contributed by atoms with Gasteiger partial charge in [-0.15, -0.1) is 0 Å². The first kappa shape index (κ1) is 15.3. The van der Waals surface area contributed by atoms with Crippen LogP contribution in [0.3, 0.4) is 0 Å². The molecule has 0 radical (unpaired) electrons. The predicted octanol–water partition coefficient (Wildman–Crippen LogP) is 2.72. The summed E-state index contributed by atoms with van der Waals surface area (Å²) >= 11 is 3.49. The number of benzene rings is 1. The second kappa shape index (κ2) is 8.34. The molecule has 0 heterocycles. The zero-order valence-electron chi connectivity index (χ0n) is 10.9. The third-order valence-corrected chi connectivity index (χ3v) is 2.93. The molecular weight excluding hydrogens is 298 g/mol. The Bertz CT molecular complexity index is 371. The minimum Gasteiger partial charge on any atom is -0.490 e. The van der Waals surface area contributed by atoms with Crippen molar-refractivity contribution in [2.24, 2.45) is 5.73 Å². The molecule has 0 bridgehead atoms. The molecule has 0 aliphatic carbocycles. The van der Waals surface area contributed by atoms with Gasteiger partial charge in [0.15, 0.2) is 11.5 Å². The van der Waals surface area contributed by atoms with Crippen LogP contribution in [0.2, 0.25) is 0 Å². The average molecular weight is 318 g/mol. The number of rotatable bonds is 8. The van der Waals surface area contributed by atoms with Crippen LogP contribution in [-0.2, 0) is 11.3 Å². The van der Waals surface area contributed by atoms with Gasteiger partial charge in [0.2, 0.25) is 0 Å². The Labute approximate surface area is 117 Å². The summed E-state index contributed by atoms with van der Waals surface area (Å²) in [6.07, 6.45) is 0.840. The van der Waals surface area contributed by atoms with Gasteiger partial charge in [0.05, 0.1) is 17.7 Å². The first-order valence-corrected chi connectivity index (χ1v) is 6.79. The van der Waals surface area contributed by atoms with Crippen molar-refractivity contribution in [1.29, 1.82) is 0 Å². The second-order valence-corrected chi connectivity index (χ2v) is 4.59. The summed E-state index contributed by atoms with van der Waals surface area (Å²) in [4.78, 5) is 0. The van der Waals surface area contributed by atoms with Crippen LogP contribution in [0.15, 0.2) is 16.6 Å². The second-order valence-electron chi connectivity index (χ2n) is 3.74. The van der Waals surface area contributed by atoms with E-state index in [1.165, 1.54) is 0 Å². The lowest BCUT2D eigenvalue weighted by Gasteiger charge is -2.15. The Morgan fingerprint density at radius 2 is 2.00 bits per heavy atom. The summed E-state index contributed by atoms with van der Waals surface area (Å²) in [6, 6.07) is 3.87. The summed E-state index contributed by atoms with van der Waals surface area (Å²) in [7, 11) is 1.68. The van der Waals surface area contributed by atoms with Crippen LogP contribution in [0.1, 0.15) is 18.9 Å². The molecule has 0 aliphatic heterocycles. The minimum atomic E-state index is 0.475. The fourth-order valence-electron chi connectivity index (χ4n) is 1.52. The summed E-state index contributed by atoms with van der Waals surface area (Å²) in [6.45, 7) is 4.28. The van der Waals surface area contributed by atoms with E-state index in [1.807, 2.05) is 19.1 Å². The van der Waals surface area contributed by atoms with Crippen LogP contribution >= 0.6 is 15.9 Å². The van der Waals surface area contributed by atoms with Crippen LogP contribution in [0.25, 0.3) is 0 Å². The van der Waals surface area contributed by atoms with Gasteiger partial charge in [-0.05, 0) is 40.5 Å². The molecule has 0 saturated carbocycles. The van der Waals surface area contributed by atoms with Crippen molar-refractivity contribution < 1.29 is 14.2 Å². The number of halogens is 1. The molecule has 0 amide bonds. The molecule has 102 valence electrons. The van der Waals surface area contributed by atoms with Crippen LogP contribution in [0.5, 0.6) is 11.5 Å². The number of ether oxygens (including phenoxy) is 3. The van der Waals surface area contributed by atoms with Crippen molar-refractivity contribution in [2.45, 2.75) is 19.9 Å². The van der Waals surface area contributed by atoms with E-state index in [9.17, 15) is 0 Å². The molecule has 0 spiro atoms. The monoisotopic (exact) mass is 317 g/mol. The van der Waals surface area contributed by atoms with Gasteiger partial charge in [0.1, 0.15) is 0 Å². The number of hydrogen-bond acceptors (Lipinski definition) is 4. The van der Waals surface area contributed by atoms with Crippen molar-refractivity contribution in [2.75, 3.05) is 26.9 Å². The van der Waals surface area contributed by atoms with E-state index >= 15 is 0 Å². The van der Waals surface area contributed by atoms with Crippen molar-refractivity contribution in [3.8, 4) is 11.5 Å². The van der Waals surface area contributed by atoms with Crippen molar-refractivity contribution in [1.82, 2.24) is 0 Å². The Morgan fingerprint density at radius 3 is 2.61 bits per heavy atom. The number of hydrogen-bond donors (Lipinski definition) is 1. The fraction of sp³-hybridized carbons (Fsp3) is 0.538. The molecule has 0 aromatic heterocycles. The Morgan fingerprint density at radius 1 is 1.22 bits per heavy atom. The largest absolute Gasteiger partial charge is 0.490 e. The number of methoxy groups -OCH3 is 1. The van der Waals surface area contributed by atoms with E-state index in [0.29, 0.717) is 26.4 Å². The first-order valence-electron chi connectivity index (χ1n) is 6.00. The highest BCUT2D eigenvalue weighted by atomic mass is 79.9. The van der Waals surface area contributed by atoms with Gasteiger partial charge < -0.3 is 19.9 Å². The van der Waals surface area contributed by atoms with Crippen LogP contribution < -0.4 is 15.2 Å². The Hall–Kier alpha value is -0.780. The molecule has 18 heavy (non-hydrogen) atoms. The van der Waals surface area contributed by atoms with E-state index in [-0.39, 0.29) is 0 Å². The van der Waals surface area contributed by atoms with Gasteiger partial charge in [0, 0.05) is 26.7 Å². The molecule has 1 aromatic rings. The van der Waals surface area contributed by atoms with Gasteiger partial charge in [-0.1, -0.05) is 0 Å². The number of nitrogens with two attached hydrogens (primary N) is 1. The molecule has 4 nitrogen and oxygen atoms in total. The van der Waals surface area contributed by atoms with Crippen molar-refractivity contribution >= 4 is 15.9 Å². The molecular formula is C13H20BrNO3. The summed E-state index contributed by atoms with van der Waals surface area (Å²) < 4.78 is 17.2. The molecule has 0 atom stereocenters. The maximum absolute atomic E-state index is 5.73. The normalized spacial score (nSPS) is 10.4. The molecule has 5 heteroatoms. The predicted molar refractivity (Wildman–Crippen MR) is 75.2 cm³/mol. The van der Waals surface area contributed by atoms with Gasteiger partial charge in [0.25, 0.3) is 0 Å². The maximum atomic E-state index is 5.73. The van der Waals surface area contributed by atoms with Gasteiger partial charge in [-0.3, -0.25) is 0 Å². The lowest BCUT2D eigenvalue weighted by atomic mass is 10.2. The van der Waals surface area contributed by atoms with Gasteiger partial charge >= 0.3 is 0 Å². The highest BCUT2D eigenvalue weighted by Gasteiger charge is 2.11. The molecule has 1 rings (SSSR count). The van der Waals surface area contributed by atoms with E-state index in [4.69, 9.17) is 19.9 Å². The summed E-state index contributed by atoms with van der Waals surface area (Å²) in [5.74, 6) is 1.45. The third kappa shape index (κ3) is 4.48. The van der Waals surface area contributed by atoms with Crippen molar-refractivity contribution in [3.63, 3.8) is 0 Å². The first-order chi connectivity index (χ1) is 8.72.